The summed E-state index contributed by atoms with van der Waals surface area (Å²) in [5.74, 6) is -0.327. The summed E-state index contributed by atoms with van der Waals surface area (Å²) < 4.78 is 25.0. The number of nitrogens with zero attached hydrogens (tertiary/aromatic N) is 5. The van der Waals surface area contributed by atoms with Gasteiger partial charge < -0.3 is 23.5 Å². The van der Waals surface area contributed by atoms with Gasteiger partial charge in [0.15, 0.2) is 6.79 Å². The standard InChI is InChI=1S/C27H33N5O6Si/c1-6-37-26(34)21-15-28-32(17-21)27-29-22-10-11-31(16-19-8-7-9-20(14-19)25(33)35-2)23(22)24(30-27)38-18-36-12-13-39(3,4)5/h7-11,14-15,17H,6,12-13,16,18H2,1-5H3. The molecule has 0 radical (unpaired) electrons. The second kappa shape index (κ2) is 12.2. The molecule has 3 aromatic heterocycles. The van der Waals surface area contributed by atoms with E-state index in [-0.39, 0.29) is 19.3 Å². The number of esters is 2. The van der Waals surface area contributed by atoms with E-state index >= 15 is 0 Å². The summed E-state index contributed by atoms with van der Waals surface area (Å²) in [5, 5.41) is 4.24. The molecule has 3 heterocycles. The number of rotatable bonds is 12. The summed E-state index contributed by atoms with van der Waals surface area (Å²) in [6.45, 7) is 9.92. The molecular formula is C27H33N5O6Si. The fraction of sp³-hybridized carbons (Fsp3) is 0.370. The highest BCUT2D eigenvalue weighted by Crippen LogP contribution is 2.26. The molecule has 0 spiro atoms. The van der Waals surface area contributed by atoms with Gasteiger partial charge in [-0.3, -0.25) is 0 Å². The molecular weight excluding hydrogens is 518 g/mol. The van der Waals surface area contributed by atoms with E-state index in [4.69, 9.17) is 18.9 Å². The monoisotopic (exact) mass is 551 g/mol. The van der Waals surface area contributed by atoms with E-state index in [9.17, 15) is 9.59 Å². The number of carbonyl (C=O) groups excluding carboxylic acids is 2. The Kier molecular flexibility index (Phi) is 8.77. The third kappa shape index (κ3) is 7.09. The van der Waals surface area contributed by atoms with Gasteiger partial charge in [-0.05, 0) is 36.7 Å². The maximum Gasteiger partial charge on any atom is 0.341 e. The van der Waals surface area contributed by atoms with E-state index in [0.717, 1.165) is 11.6 Å². The van der Waals surface area contributed by atoms with Gasteiger partial charge in [-0.15, -0.1) is 0 Å². The van der Waals surface area contributed by atoms with Gasteiger partial charge in [-0.25, -0.2) is 19.3 Å². The average Bonchev–Trinajstić information content (AvgIpc) is 3.56. The van der Waals surface area contributed by atoms with Crippen LogP contribution in [0.25, 0.3) is 17.0 Å². The molecule has 0 fully saturated rings. The summed E-state index contributed by atoms with van der Waals surface area (Å²) in [7, 11) is 0.109. The molecule has 0 saturated heterocycles. The van der Waals surface area contributed by atoms with Crippen LogP contribution in [0.1, 0.15) is 33.2 Å². The molecule has 4 rings (SSSR count). The highest BCUT2D eigenvalue weighted by molar-refractivity contribution is 6.76. The van der Waals surface area contributed by atoms with Crippen LogP contribution in [0.15, 0.2) is 48.9 Å². The predicted molar refractivity (Wildman–Crippen MR) is 147 cm³/mol. The van der Waals surface area contributed by atoms with Gasteiger partial charge in [0.05, 0.1) is 36.6 Å². The SMILES string of the molecule is CCOC(=O)c1cnn(-c2nc(OCOCC[Si](C)(C)C)c3c(ccn3Cc3cccc(C(=O)OC)c3)n2)c1. The van der Waals surface area contributed by atoms with Crippen molar-refractivity contribution in [2.24, 2.45) is 0 Å². The number of aromatic nitrogens is 5. The lowest BCUT2D eigenvalue weighted by Gasteiger charge is -2.16. The zero-order valence-corrected chi connectivity index (χ0v) is 23.8. The highest BCUT2D eigenvalue weighted by Gasteiger charge is 2.18. The summed E-state index contributed by atoms with van der Waals surface area (Å²) in [4.78, 5) is 33.4. The molecule has 0 amide bonds. The molecule has 0 N–H and O–H groups in total. The summed E-state index contributed by atoms with van der Waals surface area (Å²) in [6, 6.07) is 10.1. The van der Waals surface area contributed by atoms with Crippen LogP contribution in [0, 0.1) is 0 Å². The molecule has 0 aliphatic rings. The third-order valence-electron chi connectivity index (χ3n) is 5.84. The van der Waals surface area contributed by atoms with Gasteiger partial charge in [0, 0.05) is 33.6 Å². The normalized spacial score (nSPS) is 11.5. The van der Waals surface area contributed by atoms with Crippen molar-refractivity contribution in [1.29, 1.82) is 0 Å². The van der Waals surface area contributed by atoms with Crippen molar-refractivity contribution in [2.75, 3.05) is 27.1 Å². The summed E-state index contributed by atoms with van der Waals surface area (Å²) in [5.41, 5.74) is 2.93. The minimum atomic E-state index is -1.25. The topological polar surface area (TPSA) is 120 Å². The van der Waals surface area contributed by atoms with E-state index in [1.165, 1.54) is 24.2 Å². The molecule has 0 unspecified atom stereocenters. The van der Waals surface area contributed by atoms with Gasteiger partial charge >= 0.3 is 11.9 Å². The zero-order chi connectivity index (χ0) is 28.0. The Morgan fingerprint density at radius 1 is 1.05 bits per heavy atom. The van der Waals surface area contributed by atoms with Crippen molar-refractivity contribution < 1.29 is 28.5 Å². The van der Waals surface area contributed by atoms with Gasteiger partial charge in [0.2, 0.25) is 5.88 Å². The van der Waals surface area contributed by atoms with Crippen LogP contribution >= 0.6 is 0 Å². The van der Waals surface area contributed by atoms with E-state index in [2.05, 4.69) is 34.7 Å². The Hall–Kier alpha value is -4.03. The maximum atomic E-state index is 12.1. The molecule has 0 saturated carbocycles. The number of ether oxygens (including phenoxy) is 4. The molecule has 0 aliphatic carbocycles. The lowest BCUT2D eigenvalue weighted by Crippen LogP contribution is -2.22. The fourth-order valence-electron chi connectivity index (χ4n) is 3.79. The first-order valence-electron chi connectivity index (χ1n) is 12.7. The minimum absolute atomic E-state index is 0.0201. The average molecular weight is 552 g/mol. The Morgan fingerprint density at radius 3 is 2.62 bits per heavy atom. The number of hydrogen-bond donors (Lipinski definition) is 0. The molecule has 0 aliphatic heterocycles. The summed E-state index contributed by atoms with van der Waals surface area (Å²) >= 11 is 0. The Morgan fingerprint density at radius 2 is 1.87 bits per heavy atom. The van der Waals surface area contributed by atoms with Crippen LogP contribution in [0.2, 0.25) is 25.7 Å². The van der Waals surface area contributed by atoms with Crippen LogP contribution in [-0.2, 0) is 20.8 Å². The molecule has 11 nitrogen and oxygen atoms in total. The van der Waals surface area contributed by atoms with Crippen LogP contribution in [0.5, 0.6) is 5.88 Å². The van der Waals surface area contributed by atoms with E-state index < -0.39 is 20.0 Å². The lowest BCUT2D eigenvalue weighted by molar-refractivity contribution is 0.0200. The van der Waals surface area contributed by atoms with Crippen molar-refractivity contribution in [2.45, 2.75) is 39.2 Å². The van der Waals surface area contributed by atoms with Gasteiger partial charge in [-0.2, -0.15) is 10.1 Å². The second-order valence-electron chi connectivity index (χ2n) is 10.1. The van der Waals surface area contributed by atoms with E-state index in [0.29, 0.717) is 41.2 Å². The van der Waals surface area contributed by atoms with Crippen molar-refractivity contribution in [1.82, 2.24) is 24.3 Å². The van der Waals surface area contributed by atoms with E-state index in [1.54, 1.807) is 19.1 Å². The lowest BCUT2D eigenvalue weighted by atomic mass is 10.1. The van der Waals surface area contributed by atoms with Crippen molar-refractivity contribution in [3.8, 4) is 11.8 Å². The van der Waals surface area contributed by atoms with Crippen LogP contribution < -0.4 is 4.74 Å². The first-order chi connectivity index (χ1) is 18.7. The first kappa shape index (κ1) is 28.0. The van der Waals surface area contributed by atoms with Crippen molar-refractivity contribution >= 4 is 31.0 Å². The van der Waals surface area contributed by atoms with Gasteiger partial charge in [0.25, 0.3) is 5.95 Å². The number of fused-ring (bicyclic) bond motifs is 1. The van der Waals surface area contributed by atoms with Crippen LogP contribution in [0.4, 0.5) is 0 Å². The molecule has 206 valence electrons. The Balaban J connectivity index is 1.66. The van der Waals surface area contributed by atoms with E-state index in [1.807, 2.05) is 29.0 Å². The molecule has 0 atom stereocenters. The molecule has 0 bridgehead atoms. The zero-order valence-electron chi connectivity index (χ0n) is 22.8. The number of benzene rings is 1. The quantitative estimate of drug-likeness (QED) is 0.110. The highest BCUT2D eigenvalue weighted by atomic mass is 28.3. The minimum Gasteiger partial charge on any atom is -0.465 e. The number of methoxy groups -OCH3 is 1. The maximum absolute atomic E-state index is 12.1. The Labute approximate surface area is 227 Å². The van der Waals surface area contributed by atoms with Gasteiger partial charge in [-0.1, -0.05) is 31.8 Å². The smallest absolute Gasteiger partial charge is 0.341 e. The largest absolute Gasteiger partial charge is 0.465 e. The second-order valence-corrected chi connectivity index (χ2v) is 15.7. The number of carbonyl (C=O) groups is 2. The van der Waals surface area contributed by atoms with Crippen LogP contribution in [0.3, 0.4) is 0 Å². The fourth-order valence-corrected chi connectivity index (χ4v) is 4.55. The predicted octanol–water partition coefficient (Wildman–Crippen LogP) is 4.32. The summed E-state index contributed by atoms with van der Waals surface area (Å²) in [6.07, 6.45) is 4.80. The van der Waals surface area contributed by atoms with Gasteiger partial charge in [0.1, 0.15) is 5.52 Å². The van der Waals surface area contributed by atoms with Crippen molar-refractivity contribution in [3.63, 3.8) is 0 Å². The molecule has 1 aromatic carbocycles. The number of hydrogen-bond acceptors (Lipinski definition) is 9. The molecule has 39 heavy (non-hydrogen) atoms. The Bertz CT molecular complexity index is 1460. The molecule has 12 heteroatoms. The van der Waals surface area contributed by atoms with Crippen LogP contribution in [-0.4, -0.2) is 71.4 Å². The molecule has 4 aromatic rings. The third-order valence-corrected chi connectivity index (χ3v) is 7.55. The first-order valence-corrected chi connectivity index (χ1v) is 16.4. The van der Waals surface area contributed by atoms with Crippen molar-refractivity contribution in [3.05, 3.63) is 65.6 Å².